The van der Waals surface area contributed by atoms with Gasteiger partial charge in [-0.2, -0.15) is 0 Å². The minimum atomic E-state index is -0.0631. The van der Waals surface area contributed by atoms with Gasteiger partial charge in [-0.1, -0.05) is 6.42 Å². The van der Waals surface area contributed by atoms with Crippen LogP contribution in [-0.2, 0) is 9.53 Å². The van der Waals surface area contributed by atoms with E-state index in [4.69, 9.17) is 10.5 Å². The zero-order valence-electron chi connectivity index (χ0n) is 9.66. The Hall–Kier alpha value is -0.610. The molecule has 1 amide bonds. The monoisotopic (exact) mass is 214 g/mol. The number of carbonyl (C=O) groups excluding carboxylic acids is 1. The molecule has 3 atom stereocenters. The van der Waals surface area contributed by atoms with Crippen molar-refractivity contribution in [2.75, 3.05) is 13.7 Å². The molecule has 0 spiro atoms. The second-order valence-electron chi connectivity index (χ2n) is 4.45. The second kappa shape index (κ2) is 6.08. The first kappa shape index (κ1) is 12.5. The number of hydrogen-bond donors (Lipinski definition) is 2. The maximum absolute atomic E-state index is 11.4. The molecule has 1 aliphatic rings. The number of rotatable bonds is 5. The lowest BCUT2D eigenvalue weighted by Gasteiger charge is -2.18. The molecule has 1 aliphatic carbocycles. The van der Waals surface area contributed by atoms with Crippen LogP contribution in [0.15, 0.2) is 0 Å². The highest BCUT2D eigenvalue weighted by Gasteiger charge is 2.27. The summed E-state index contributed by atoms with van der Waals surface area (Å²) in [5, 5.41) is 2.92. The summed E-state index contributed by atoms with van der Waals surface area (Å²) in [6, 6.07) is -0.0631. The molecule has 1 rings (SSSR count). The fraction of sp³-hybridized carbons (Fsp3) is 0.909. The van der Waals surface area contributed by atoms with Gasteiger partial charge in [-0.05, 0) is 19.8 Å². The predicted molar refractivity (Wildman–Crippen MR) is 59.4 cm³/mol. The zero-order chi connectivity index (χ0) is 11.3. The summed E-state index contributed by atoms with van der Waals surface area (Å²) < 4.78 is 5.36. The van der Waals surface area contributed by atoms with Crippen LogP contribution in [0.3, 0.4) is 0 Å². The number of amides is 1. The van der Waals surface area contributed by atoms with E-state index in [1.54, 1.807) is 7.11 Å². The molecule has 3 N–H and O–H groups in total. The Balaban J connectivity index is 2.21. The smallest absolute Gasteiger partial charge is 0.221 e. The maximum atomic E-state index is 11.4. The number of nitrogens with two attached hydrogens (primary N) is 1. The SMILES string of the molecule is COC1CCCC1CNC(=O)CC(C)N. The Morgan fingerprint density at radius 2 is 2.33 bits per heavy atom. The molecule has 4 heteroatoms. The topological polar surface area (TPSA) is 64.3 Å². The molecular formula is C11H22N2O2. The van der Waals surface area contributed by atoms with Gasteiger partial charge in [0.15, 0.2) is 0 Å². The molecule has 3 unspecified atom stereocenters. The van der Waals surface area contributed by atoms with Crippen LogP contribution in [-0.4, -0.2) is 31.7 Å². The van der Waals surface area contributed by atoms with Crippen molar-refractivity contribution in [1.82, 2.24) is 5.32 Å². The Labute approximate surface area is 91.5 Å². The van der Waals surface area contributed by atoms with Crippen molar-refractivity contribution in [3.63, 3.8) is 0 Å². The van der Waals surface area contributed by atoms with Crippen LogP contribution in [0.4, 0.5) is 0 Å². The van der Waals surface area contributed by atoms with Crippen molar-refractivity contribution >= 4 is 5.91 Å². The van der Waals surface area contributed by atoms with E-state index in [0.29, 0.717) is 18.4 Å². The van der Waals surface area contributed by atoms with Crippen molar-refractivity contribution < 1.29 is 9.53 Å². The molecule has 0 aromatic rings. The van der Waals surface area contributed by atoms with Crippen LogP contribution in [0, 0.1) is 5.92 Å². The lowest BCUT2D eigenvalue weighted by molar-refractivity contribution is -0.121. The third-order valence-corrected chi connectivity index (χ3v) is 2.96. The summed E-state index contributed by atoms with van der Waals surface area (Å²) in [5.41, 5.74) is 5.54. The van der Waals surface area contributed by atoms with Gasteiger partial charge in [0.25, 0.3) is 0 Å². The van der Waals surface area contributed by atoms with Crippen molar-refractivity contribution in [3.8, 4) is 0 Å². The van der Waals surface area contributed by atoms with Crippen LogP contribution >= 0.6 is 0 Å². The predicted octanol–water partition coefficient (Wildman–Crippen LogP) is 0.655. The standard InChI is InChI=1S/C11H22N2O2/c1-8(12)6-11(14)13-7-9-4-3-5-10(9)15-2/h8-10H,3-7,12H2,1-2H3,(H,13,14). The molecule has 0 saturated heterocycles. The maximum Gasteiger partial charge on any atom is 0.221 e. The summed E-state index contributed by atoms with van der Waals surface area (Å²) in [7, 11) is 1.74. The van der Waals surface area contributed by atoms with Crippen LogP contribution in [0.1, 0.15) is 32.6 Å². The summed E-state index contributed by atoms with van der Waals surface area (Å²) in [5.74, 6) is 0.527. The molecule has 0 aliphatic heterocycles. The minimum Gasteiger partial charge on any atom is -0.381 e. The van der Waals surface area contributed by atoms with E-state index in [0.717, 1.165) is 19.4 Å². The molecule has 0 bridgehead atoms. The average molecular weight is 214 g/mol. The van der Waals surface area contributed by atoms with Gasteiger partial charge < -0.3 is 15.8 Å². The van der Waals surface area contributed by atoms with E-state index in [1.165, 1.54) is 6.42 Å². The van der Waals surface area contributed by atoms with E-state index >= 15 is 0 Å². The van der Waals surface area contributed by atoms with Gasteiger partial charge in [-0.25, -0.2) is 0 Å². The van der Waals surface area contributed by atoms with E-state index in [1.807, 2.05) is 6.92 Å². The average Bonchev–Trinajstić information content (AvgIpc) is 2.60. The first-order valence-corrected chi connectivity index (χ1v) is 5.68. The number of nitrogens with one attached hydrogen (secondary N) is 1. The first-order chi connectivity index (χ1) is 7.13. The number of carbonyl (C=O) groups is 1. The van der Waals surface area contributed by atoms with Crippen molar-refractivity contribution in [1.29, 1.82) is 0 Å². The van der Waals surface area contributed by atoms with Crippen molar-refractivity contribution in [2.24, 2.45) is 11.7 Å². The Bertz CT molecular complexity index is 207. The first-order valence-electron chi connectivity index (χ1n) is 5.68. The lowest BCUT2D eigenvalue weighted by atomic mass is 10.1. The molecule has 0 heterocycles. The van der Waals surface area contributed by atoms with Gasteiger partial charge in [0.2, 0.25) is 5.91 Å². The number of methoxy groups -OCH3 is 1. The number of hydrogen-bond acceptors (Lipinski definition) is 3. The molecular weight excluding hydrogens is 192 g/mol. The highest BCUT2D eigenvalue weighted by Crippen LogP contribution is 2.27. The fourth-order valence-electron chi connectivity index (χ4n) is 2.16. The third-order valence-electron chi connectivity index (χ3n) is 2.96. The van der Waals surface area contributed by atoms with Crippen LogP contribution in [0.5, 0.6) is 0 Å². The minimum absolute atomic E-state index is 0.0479. The molecule has 15 heavy (non-hydrogen) atoms. The molecule has 88 valence electrons. The van der Waals surface area contributed by atoms with Gasteiger partial charge >= 0.3 is 0 Å². The molecule has 0 radical (unpaired) electrons. The van der Waals surface area contributed by atoms with Gasteiger partial charge in [-0.15, -0.1) is 0 Å². The van der Waals surface area contributed by atoms with E-state index in [2.05, 4.69) is 5.32 Å². The Kier molecular flexibility index (Phi) is 5.05. The fourth-order valence-corrected chi connectivity index (χ4v) is 2.16. The number of ether oxygens (including phenoxy) is 1. The Morgan fingerprint density at radius 1 is 1.60 bits per heavy atom. The molecule has 0 aromatic carbocycles. The van der Waals surface area contributed by atoms with Crippen LogP contribution in [0.25, 0.3) is 0 Å². The molecule has 1 fully saturated rings. The van der Waals surface area contributed by atoms with Crippen molar-refractivity contribution in [2.45, 2.75) is 44.8 Å². The van der Waals surface area contributed by atoms with Gasteiger partial charge in [-0.3, -0.25) is 4.79 Å². The zero-order valence-corrected chi connectivity index (χ0v) is 9.66. The van der Waals surface area contributed by atoms with E-state index < -0.39 is 0 Å². The summed E-state index contributed by atoms with van der Waals surface area (Å²) in [4.78, 5) is 11.4. The Morgan fingerprint density at radius 3 is 2.93 bits per heavy atom. The van der Waals surface area contributed by atoms with Crippen LogP contribution in [0.2, 0.25) is 0 Å². The van der Waals surface area contributed by atoms with Gasteiger partial charge in [0.05, 0.1) is 6.10 Å². The summed E-state index contributed by atoms with van der Waals surface area (Å²) >= 11 is 0. The third kappa shape index (κ3) is 4.18. The second-order valence-corrected chi connectivity index (χ2v) is 4.45. The normalized spacial score (nSPS) is 27.7. The van der Waals surface area contributed by atoms with Crippen LogP contribution < -0.4 is 11.1 Å². The highest BCUT2D eigenvalue weighted by molar-refractivity contribution is 5.76. The highest BCUT2D eigenvalue weighted by atomic mass is 16.5. The van der Waals surface area contributed by atoms with Crippen molar-refractivity contribution in [3.05, 3.63) is 0 Å². The largest absolute Gasteiger partial charge is 0.381 e. The van der Waals surface area contributed by atoms with Gasteiger partial charge in [0, 0.05) is 32.0 Å². The summed E-state index contributed by atoms with van der Waals surface area (Å²) in [6.45, 7) is 2.57. The van der Waals surface area contributed by atoms with E-state index in [-0.39, 0.29) is 11.9 Å². The quantitative estimate of drug-likeness (QED) is 0.706. The molecule has 0 aromatic heterocycles. The summed E-state index contributed by atoms with van der Waals surface area (Å²) in [6.07, 6.45) is 4.19. The van der Waals surface area contributed by atoms with Gasteiger partial charge in [0.1, 0.15) is 0 Å². The lowest BCUT2D eigenvalue weighted by Crippen LogP contribution is -2.35. The van der Waals surface area contributed by atoms with E-state index in [9.17, 15) is 4.79 Å². The molecule has 1 saturated carbocycles. The molecule has 4 nitrogen and oxygen atoms in total.